The van der Waals surface area contributed by atoms with Crippen molar-refractivity contribution in [3.05, 3.63) is 47.3 Å². The Bertz CT molecular complexity index is 859. The third-order valence-electron chi connectivity index (χ3n) is 3.06. The first kappa shape index (κ1) is 17.9. The highest BCUT2D eigenvalue weighted by molar-refractivity contribution is 7.92. The molecule has 0 aliphatic rings. The van der Waals surface area contributed by atoms with Crippen LogP contribution in [0.15, 0.2) is 46.0 Å². The highest BCUT2D eigenvalue weighted by Gasteiger charge is 2.19. The molecule has 0 aliphatic carbocycles. The van der Waals surface area contributed by atoms with Crippen molar-refractivity contribution in [2.45, 2.75) is 11.1 Å². The summed E-state index contributed by atoms with van der Waals surface area (Å²) < 4.78 is 51.9. The van der Waals surface area contributed by atoms with Crippen LogP contribution in [0.5, 0.6) is 0 Å². The minimum absolute atomic E-state index is 0.0127. The van der Waals surface area contributed by atoms with Gasteiger partial charge in [0.05, 0.1) is 11.9 Å². The van der Waals surface area contributed by atoms with E-state index in [0.717, 1.165) is 23.2 Å². The molecule has 0 saturated heterocycles. The van der Waals surface area contributed by atoms with Gasteiger partial charge >= 0.3 is 0 Å². The number of nitrogens with one attached hydrogen (secondary N) is 1. The smallest absolute Gasteiger partial charge is 0.250 e. The van der Waals surface area contributed by atoms with E-state index in [2.05, 4.69) is 4.72 Å². The standard InChI is InChI=1S/C14H18N2O4S3/c1-12-5-3-6-13(11-12)16(22(2,17)18)9-8-15-23(19,20)14-7-4-10-21-14/h3-7,10-11,15H,8-9H2,1-2H3. The molecule has 0 bridgehead atoms. The molecule has 1 aromatic heterocycles. The molecule has 1 aromatic carbocycles. The van der Waals surface area contributed by atoms with Crippen molar-refractivity contribution in [1.29, 1.82) is 0 Å². The number of anilines is 1. The van der Waals surface area contributed by atoms with Gasteiger partial charge in [-0.1, -0.05) is 18.2 Å². The number of aryl methyl sites for hydroxylation is 1. The Morgan fingerprint density at radius 3 is 2.43 bits per heavy atom. The van der Waals surface area contributed by atoms with Crippen molar-refractivity contribution in [2.75, 3.05) is 23.7 Å². The number of nitrogens with zero attached hydrogens (tertiary/aromatic N) is 1. The average molecular weight is 375 g/mol. The van der Waals surface area contributed by atoms with Crippen LogP contribution in [-0.4, -0.2) is 36.2 Å². The van der Waals surface area contributed by atoms with Crippen LogP contribution in [0.4, 0.5) is 5.69 Å². The summed E-state index contributed by atoms with van der Waals surface area (Å²) in [7, 11) is -7.11. The summed E-state index contributed by atoms with van der Waals surface area (Å²) in [5.41, 5.74) is 1.44. The Balaban J connectivity index is 2.12. The molecular formula is C14H18N2O4S3. The minimum Gasteiger partial charge on any atom is -0.269 e. The SMILES string of the molecule is Cc1cccc(N(CCNS(=O)(=O)c2cccs2)S(C)(=O)=O)c1. The van der Waals surface area contributed by atoms with Gasteiger partial charge in [0.25, 0.3) is 0 Å². The highest BCUT2D eigenvalue weighted by atomic mass is 32.2. The number of benzene rings is 1. The Labute approximate surface area is 140 Å². The lowest BCUT2D eigenvalue weighted by molar-refractivity contribution is 0.580. The Morgan fingerprint density at radius 2 is 1.87 bits per heavy atom. The summed E-state index contributed by atoms with van der Waals surface area (Å²) in [4.78, 5) is 0. The lowest BCUT2D eigenvalue weighted by Gasteiger charge is -2.22. The van der Waals surface area contributed by atoms with E-state index in [1.54, 1.807) is 29.6 Å². The summed E-state index contributed by atoms with van der Waals surface area (Å²) in [6.07, 6.45) is 1.10. The van der Waals surface area contributed by atoms with Crippen molar-refractivity contribution in [3.8, 4) is 0 Å². The number of hydrogen-bond acceptors (Lipinski definition) is 5. The molecular weight excluding hydrogens is 356 g/mol. The van der Waals surface area contributed by atoms with Crippen LogP contribution in [0, 0.1) is 6.92 Å². The lowest BCUT2D eigenvalue weighted by Crippen LogP contribution is -2.38. The zero-order valence-corrected chi connectivity index (χ0v) is 15.2. The van der Waals surface area contributed by atoms with Gasteiger partial charge in [-0.25, -0.2) is 21.6 Å². The van der Waals surface area contributed by atoms with Gasteiger partial charge in [-0.15, -0.1) is 11.3 Å². The van der Waals surface area contributed by atoms with E-state index in [0.29, 0.717) is 5.69 Å². The molecule has 6 nitrogen and oxygen atoms in total. The van der Waals surface area contributed by atoms with Gasteiger partial charge in [0, 0.05) is 13.1 Å². The zero-order chi connectivity index (χ0) is 17.1. The van der Waals surface area contributed by atoms with E-state index >= 15 is 0 Å². The van der Waals surface area contributed by atoms with Gasteiger partial charge in [0.15, 0.2) is 0 Å². The summed E-state index contributed by atoms with van der Waals surface area (Å²) in [5, 5.41) is 1.67. The first-order valence-corrected chi connectivity index (χ1v) is 11.0. The van der Waals surface area contributed by atoms with Crippen LogP contribution < -0.4 is 9.03 Å². The maximum atomic E-state index is 12.0. The fraction of sp³-hybridized carbons (Fsp3) is 0.286. The summed E-state index contributed by atoms with van der Waals surface area (Å²) in [6.45, 7) is 1.87. The predicted octanol–water partition coefficient (Wildman–Crippen LogP) is 1.80. The third kappa shape index (κ3) is 4.77. The minimum atomic E-state index is -3.60. The van der Waals surface area contributed by atoms with Gasteiger partial charge in [0.2, 0.25) is 20.0 Å². The van der Waals surface area contributed by atoms with Gasteiger partial charge in [-0.3, -0.25) is 4.31 Å². The monoisotopic (exact) mass is 374 g/mol. The van der Waals surface area contributed by atoms with Crippen LogP contribution in [0.3, 0.4) is 0 Å². The first-order valence-electron chi connectivity index (χ1n) is 6.78. The van der Waals surface area contributed by atoms with E-state index in [1.165, 1.54) is 10.4 Å². The number of rotatable bonds is 7. The fourth-order valence-electron chi connectivity index (χ4n) is 2.04. The summed E-state index contributed by atoms with van der Waals surface area (Å²) >= 11 is 1.11. The number of sulfonamides is 2. The Hall–Kier alpha value is -1.42. The zero-order valence-electron chi connectivity index (χ0n) is 12.8. The van der Waals surface area contributed by atoms with Crippen molar-refractivity contribution in [2.24, 2.45) is 0 Å². The molecule has 1 heterocycles. The third-order valence-corrected chi connectivity index (χ3v) is 7.11. The molecule has 0 amide bonds. The predicted molar refractivity (Wildman–Crippen MR) is 92.9 cm³/mol. The molecule has 0 aliphatic heterocycles. The molecule has 0 atom stereocenters. The van der Waals surface area contributed by atoms with Crippen LogP contribution in [0.25, 0.3) is 0 Å². The second kappa shape index (κ2) is 7.00. The van der Waals surface area contributed by atoms with Gasteiger partial charge in [-0.05, 0) is 36.1 Å². The molecule has 2 rings (SSSR count). The van der Waals surface area contributed by atoms with E-state index in [1.807, 2.05) is 13.0 Å². The molecule has 1 N–H and O–H groups in total. The summed E-state index contributed by atoms with van der Waals surface area (Å²) in [6, 6.07) is 10.2. The second-order valence-corrected chi connectivity index (χ2v) is 9.85. The summed E-state index contributed by atoms with van der Waals surface area (Å²) in [5.74, 6) is 0. The first-order chi connectivity index (χ1) is 10.7. The highest BCUT2D eigenvalue weighted by Crippen LogP contribution is 2.19. The van der Waals surface area contributed by atoms with E-state index in [9.17, 15) is 16.8 Å². The second-order valence-electron chi connectivity index (χ2n) is 5.00. The Kier molecular flexibility index (Phi) is 5.45. The van der Waals surface area contributed by atoms with Gasteiger partial charge in [-0.2, -0.15) is 0 Å². The average Bonchev–Trinajstić information content (AvgIpc) is 2.97. The van der Waals surface area contributed by atoms with Crippen molar-refractivity contribution < 1.29 is 16.8 Å². The molecule has 0 spiro atoms. The topological polar surface area (TPSA) is 83.6 Å². The maximum absolute atomic E-state index is 12.0. The number of thiophene rings is 1. The molecule has 126 valence electrons. The Morgan fingerprint density at radius 1 is 1.13 bits per heavy atom. The van der Waals surface area contributed by atoms with Crippen LogP contribution >= 0.6 is 11.3 Å². The van der Waals surface area contributed by atoms with Crippen molar-refractivity contribution >= 4 is 37.1 Å². The molecule has 0 fully saturated rings. The van der Waals surface area contributed by atoms with Crippen LogP contribution in [-0.2, 0) is 20.0 Å². The van der Waals surface area contributed by atoms with Crippen LogP contribution in [0.1, 0.15) is 5.56 Å². The normalized spacial score (nSPS) is 12.3. The molecule has 0 unspecified atom stereocenters. The quantitative estimate of drug-likeness (QED) is 0.801. The van der Waals surface area contributed by atoms with Gasteiger partial charge < -0.3 is 0 Å². The number of hydrogen-bond donors (Lipinski definition) is 1. The fourth-order valence-corrected chi connectivity index (χ4v) is 5.02. The molecule has 2 aromatic rings. The van der Waals surface area contributed by atoms with Crippen molar-refractivity contribution in [1.82, 2.24) is 4.72 Å². The van der Waals surface area contributed by atoms with Crippen LogP contribution in [0.2, 0.25) is 0 Å². The van der Waals surface area contributed by atoms with Gasteiger partial charge in [0.1, 0.15) is 4.21 Å². The van der Waals surface area contributed by atoms with E-state index in [-0.39, 0.29) is 17.3 Å². The molecule has 23 heavy (non-hydrogen) atoms. The van der Waals surface area contributed by atoms with E-state index in [4.69, 9.17) is 0 Å². The molecule has 0 radical (unpaired) electrons. The van der Waals surface area contributed by atoms with E-state index < -0.39 is 20.0 Å². The molecule has 0 saturated carbocycles. The molecule has 9 heteroatoms. The lowest BCUT2D eigenvalue weighted by atomic mass is 10.2. The maximum Gasteiger partial charge on any atom is 0.250 e. The largest absolute Gasteiger partial charge is 0.269 e. The van der Waals surface area contributed by atoms with Crippen molar-refractivity contribution in [3.63, 3.8) is 0 Å².